The largest absolute Gasteiger partial charge is 0.493 e. The van der Waals surface area contributed by atoms with Gasteiger partial charge >= 0.3 is 0 Å². The molecule has 8 aliphatic heterocycles. The smallest absolute Gasteiger partial charge is 0.244 e. The number of piperidine rings is 4. The summed E-state index contributed by atoms with van der Waals surface area (Å²) in [5.41, 5.74) is 0. The molecule has 8 unspecified atom stereocenters. The Hall–Kier alpha value is -4.82. The first-order chi connectivity index (χ1) is 53.0. The maximum Gasteiger partial charge on any atom is 0.244 e. The van der Waals surface area contributed by atoms with E-state index in [2.05, 4.69) is 10.6 Å². The molecular formula is C73H90Cl8N8O19S4. The monoisotopic (exact) mass is 1790 g/mol. The van der Waals surface area contributed by atoms with Crippen LogP contribution < -0.4 is 24.8 Å². The van der Waals surface area contributed by atoms with E-state index in [1.807, 2.05) is 13.8 Å². The minimum absolute atomic E-state index is 0.00237. The van der Waals surface area contributed by atoms with Crippen LogP contribution in [0.2, 0.25) is 40.2 Å². The summed E-state index contributed by atoms with van der Waals surface area (Å²) in [6.07, 6.45) is 5.36. The van der Waals surface area contributed by atoms with Crippen LogP contribution in [0.3, 0.4) is 0 Å². The van der Waals surface area contributed by atoms with Gasteiger partial charge in [-0.05, 0) is 174 Å². The van der Waals surface area contributed by atoms with Crippen molar-refractivity contribution >= 4 is 157 Å². The van der Waals surface area contributed by atoms with E-state index < -0.39 is 101 Å². The lowest BCUT2D eigenvalue weighted by atomic mass is 9.92. The van der Waals surface area contributed by atoms with E-state index in [1.54, 1.807) is 30.2 Å². The van der Waals surface area contributed by atoms with Gasteiger partial charge in [0.2, 0.25) is 63.7 Å². The van der Waals surface area contributed by atoms with E-state index in [1.165, 1.54) is 101 Å². The number of sulfonamides is 4. The number of benzene rings is 5. The van der Waals surface area contributed by atoms with E-state index in [4.69, 9.17) is 116 Å². The quantitative estimate of drug-likeness (QED) is 0.0562. The number of hydrogen-bond acceptors (Lipinski definition) is 19. The predicted octanol–water partition coefficient (Wildman–Crippen LogP) is 10.5. The van der Waals surface area contributed by atoms with Crippen molar-refractivity contribution in [1.29, 1.82) is 0 Å². The molecule has 5 aromatic carbocycles. The van der Waals surface area contributed by atoms with Crippen molar-refractivity contribution in [1.82, 2.24) is 37.7 Å². The summed E-state index contributed by atoms with van der Waals surface area (Å²) >= 11 is 48.0. The average Bonchev–Trinajstić information content (AvgIpc) is 0.843. The number of ether oxygens (including phenoxy) is 5. The Labute approximate surface area is 693 Å². The van der Waals surface area contributed by atoms with Crippen LogP contribution in [0.4, 0.5) is 0 Å². The van der Waals surface area contributed by atoms with Gasteiger partial charge in [-0.1, -0.05) is 107 Å². The molecule has 5 aromatic rings. The van der Waals surface area contributed by atoms with Gasteiger partial charge < -0.3 is 54.3 Å². The first kappa shape index (κ1) is 89.5. The zero-order valence-electron chi connectivity index (χ0n) is 61.8. The Morgan fingerprint density at radius 3 is 1.22 bits per heavy atom. The molecule has 12 atom stereocenters. The lowest BCUT2D eigenvalue weighted by molar-refractivity contribution is -0.136. The minimum Gasteiger partial charge on any atom is -0.493 e. The fourth-order valence-electron chi connectivity index (χ4n) is 15.7. The third-order valence-electron chi connectivity index (χ3n) is 20.8. The van der Waals surface area contributed by atoms with E-state index in [0.717, 1.165) is 34.3 Å². The molecular weight excluding hydrogens is 1700 g/mol. The molecule has 39 heteroatoms. The van der Waals surface area contributed by atoms with Crippen LogP contribution in [-0.2, 0) is 68.7 Å². The number of halogens is 8. The molecule has 0 aliphatic carbocycles. The molecule has 8 bridgehead atoms. The molecule has 0 saturated carbocycles. The molecule has 27 nitrogen and oxygen atoms in total. The van der Waals surface area contributed by atoms with Crippen LogP contribution in [0, 0.1) is 5.92 Å². The first-order valence-corrected chi connectivity index (χ1v) is 45.3. The number of carbonyl (C=O) groups is 4. The highest BCUT2D eigenvalue weighted by Gasteiger charge is 2.54. The van der Waals surface area contributed by atoms with Crippen molar-refractivity contribution in [3.63, 3.8) is 0 Å². The summed E-state index contributed by atoms with van der Waals surface area (Å²) in [5, 5.41) is 28.4. The van der Waals surface area contributed by atoms with Gasteiger partial charge in [0.1, 0.15) is 36.5 Å². The number of methoxy groups -OCH3 is 3. The van der Waals surface area contributed by atoms with Gasteiger partial charge in [-0.15, -0.1) is 0 Å². The molecule has 4 N–H and O–H groups in total. The number of aliphatic hydroxyl groups excluding tert-OH is 2. The van der Waals surface area contributed by atoms with Crippen LogP contribution in [0.5, 0.6) is 17.2 Å². The van der Waals surface area contributed by atoms with Crippen LogP contribution in [0.25, 0.3) is 0 Å². The van der Waals surface area contributed by atoms with Gasteiger partial charge in [-0.3, -0.25) is 19.2 Å². The number of amides is 4. The topological polar surface area (TPSA) is 335 Å². The fraction of sp³-hybridized carbons (Fsp3) is 0.534. The van der Waals surface area contributed by atoms with E-state index in [-0.39, 0.29) is 122 Å². The van der Waals surface area contributed by atoms with Gasteiger partial charge in [0, 0.05) is 98.7 Å². The Morgan fingerprint density at radius 1 is 0.429 bits per heavy atom. The highest BCUT2D eigenvalue weighted by atomic mass is 35.5. The van der Waals surface area contributed by atoms with Gasteiger partial charge in [0.15, 0.2) is 11.5 Å². The van der Waals surface area contributed by atoms with Crippen molar-refractivity contribution in [3.05, 3.63) is 131 Å². The summed E-state index contributed by atoms with van der Waals surface area (Å²) in [6.45, 7) is 6.40. The standard InChI is InChI=1S/C24H28Cl2N2O7S.C20H28Cl2N2O5S.C15H18Cl2N2O3S.C14H16Cl2N2O4S/c1-33-22-7-6-17(13-23(22)34-2)35-9-8-27-14-21(29)19-4-3-5-20(24(27)30)28(19)36(31,32)18-11-15(25)10-16(26)12-18;1-3-8-29-19-13-23(7-9-28-2)20(25)18-6-4-5-17(19)24(18)30(26,27)16-11-14(21)10-15(22)12-16;1-9-8-18-15(20)14-4-2-3-13(9)19(14)23(21,22)12-6-10(16)5-11(17)7-12;15-8-4-9(16)6-10(5-8)23(21,22)18-11-2-1-3-12(18)14(20)17-7-13(11)19/h6-7,10-13,19-21,29H,3-5,8-9,14H2,1-2H3;10-12,17-19H,3-9,13H2,1-2H3;5-7,9,13-14H,2-4,8H2,1H3,(H,18,20);4-6,11-13,19H,1-3,7H2,(H,17,20)/t19?,20?,21-;17?,18?,19-;9-,13?,14?;11?,12?,13-/m0000/s1. The highest BCUT2D eigenvalue weighted by molar-refractivity contribution is 7.90. The number of nitrogens with one attached hydrogen (secondary N) is 2. The predicted molar refractivity (Wildman–Crippen MR) is 425 cm³/mol. The molecule has 8 saturated heterocycles. The highest BCUT2D eigenvalue weighted by Crippen LogP contribution is 2.42. The van der Waals surface area contributed by atoms with E-state index in [9.17, 15) is 63.1 Å². The van der Waals surface area contributed by atoms with Crippen molar-refractivity contribution in [2.45, 2.75) is 184 Å². The van der Waals surface area contributed by atoms with Gasteiger partial charge in [-0.2, -0.15) is 17.2 Å². The minimum atomic E-state index is -4.16. The molecule has 0 spiro atoms. The Morgan fingerprint density at radius 2 is 0.795 bits per heavy atom. The van der Waals surface area contributed by atoms with Crippen molar-refractivity contribution in [2.75, 3.05) is 80.4 Å². The molecule has 616 valence electrons. The van der Waals surface area contributed by atoms with E-state index >= 15 is 0 Å². The van der Waals surface area contributed by atoms with Gasteiger partial charge in [-0.25, -0.2) is 33.7 Å². The summed E-state index contributed by atoms with van der Waals surface area (Å²) in [6, 6.07) is 16.4. The van der Waals surface area contributed by atoms with Gasteiger partial charge in [0.05, 0.1) is 83.4 Å². The molecule has 0 radical (unpaired) electrons. The number of rotatable bonds is 20. The van der Waals surface area contributed by atoms with Crippen molar-refractivity contribution < 1.29 is 86.7 Å². The number of hydrogen-bond donors (Lipinski definition) is 4. The van der Waals surface area contributed by atoms with Crippen molar-refractivity contribution in [3.8, 4) is 17.2 Å². The second-order valence-electron chi connectivity index (χ2n) is 28.3. The zero-order chi connectivity index (χ0) is 81.5. The maximum atomic E-state index is 13.7. The second-order valence-corrected chi connectivity index (χ2v) is 39.1. The molecule has 8 fully saturated rings. The number of carbonyl (C=O) groups excluding carboxylic acids is 4. The lowest BCUT2D eigenvalue weighted by Crippen LogP contribution is -2.56. The molecule has 112 heavy (non-hydrogen) atoms. The Kier molecular flexibility index (Phi) is 30.9. The fourth-order valence-corrected chi connectivity index (χ4v) is 26.1. The molecule has 0 aromatic heterocycles. The number of fused-ring (bicyclic) bond motifs is 8. The van der Waals surface area contributed by atoms with Crippen LogP contribution in [-0.4, -0.2) is 242 Å². The third-order valence-corrected chi connectivity index (χ3v) is 30.2. The molecule has 8 heterocycles. The second kappa shape index (κ2) is 38.7. The average molecular weight is 1800 g/mol. The lowest BCUT2D eigenvalue weighted by Gasteiger charge is -2.40. The molecule has 4 amide bonds. The summed E-state index contributed by atoms with van der Waals surface area (Å²) < 4.78 is 140. The number of nitrogens with zero attached hydrogens (tertiary/aromatic N) is 6. The van der Waals surface area contributed by atoms with Gasteiger partial charge in [0.25, 0.3) is 0 Å². The normalized spacial score (nSPS) is 26.0. The summed E-state index contributed by atoms with van der Waals surface area (Å²) in [5.74, 6) is 0.445. The van der Waals surface area contributed by atoms with Crippen LogP contribution in [0.15, 0.2) is 111 Å². The third kappa shape index (κ3) is 20.5. The molecule has 13 rings (SSSR count). The van der Waals surface area contributed by atoms with Crippen molar-refractivity contribution in [2.24, 2.45) is 5.92 Å². The number of β-amino-alcohol motifs (C(OH)–C–C–N with tert-alkyl or cyclic N) is 2. The Bertz CT molecular complexity index is 4520. The number of aliphatic hydroxyl groups is 2. The SMILES string of the molecule is CCCO[C@H]1CN(CCOC)C(=O)C2CCCC1N2S(=O)(=O)c1cc(Cl)cc(Cl)c1.COc1ccc(OCCN2C[C@H](O)C3CCCC(C2=O)N3S(=O)(=O)c2cc(Cl)cc(Cl)c2)cc1OC.C[C@H]1CNC(=O)C2CCCC1N2S(=O)(=O)c1cc(Cl)cc(Cl)c1.O=C1NC[C@H](O)C2CCCC1N2S(=O)(=O)c1cc(Cl)cc(Cl)c1. The summed E-state index contributed by atoms with van der Waals surface area (Å²) in [7, 11) is -11.4. The molecule has 8 aliphatic rings. The first-order valence-electron chi connectivity index (χ1n) is 36.5. The zero-order valence-corrected chi connectivity index (χ0v) is 71.1. The summed E-state index contributed by atoms with van der Waals surface area (Å²) in [4.78, 5) is 54.4. The van der Waals surface area contributed by atoms with Crippen LogP contribution >= 0.6 is 92.8 Å². The van der Waals surface area contributed by atoms with E-state index in [0.29, 0.717) is 108 Å². The maximum absolute atomic E-state index is 13.7. The Balaban J connectivity index is 0.000000161. The van der Waals surface area contributed by atoms with Crippen LogP contribution in [0.1, 0.15) is 97.3 Å².